The highest BCUT2D eigenvalue weighted by atomic mass is 35.5. The maximum absolute atomic E-state index is 12.8. The Morgan fingerprint density at radius 2 is 2.00 bits per heavy atom. The normalized spacial score (nSPS) is 9.70. The van der Waals surface area contributed by atoms with E-state index in [1.165, 1.54) is 12.1 Å². The summed E-state index contributed by atoms with van der Waals surface area (Å²) >= 11 is 5.56. The zero-order valence-corrected chi connectivity index (χ0v) is 11.5. The average Bonchev–Trinajstić information content (AvgIpc) is 2.47. The Hall–Kier alpha value is -2.05. The molecule has 2 rings (SSSR count). The number of pyridine rings is 1. The Balaban J connectivity index is 1.98. The number of ether oxygens (including phenoxy) is 1. The first-order valence-corrected chi connectivity index (χ1v) is 6.68. The van der Waals surface area contributed by atoms with Gasteiger partial charge in [-0.25, -0.2) is 4.39 Å². The van der Waals surface area contributed by atoms with Crippen molar-refractivity contribution in [1.82, 2.24) is 4.98 Å². The molecule has 2 nitrogen and oxygen atoms in total. The second kappa shape index (κ2) is 7.52. The second-order valence-corrected chi connectivity index (χ2v) is 4.44. The van der Waals surface area contributed by atoms with Gasteiger partial charge in [-0.15, -0.1) is 11.6 Å². The number of alkyl halides is 1. The molecule has 0 saturated carbocycles. The molecule has 1 aromatic carbocycles. The predicted octanol–water partition coefficient (Wildman–Crippen LogP) is 3.78. The van der Waals surface area contributed by atoms with Crippen molar-refractivity contribution >= 4 is 11.6 Å². The van der Waals surface area contributed by atoms with Gasteiger partial charge in [-0.1, -0.05) is 24.0 Å². The summed E-state index contributed by atoms with van der Waals surface area (Å²) in [6, 6.07) is 8.01. The fraction of sp³-hybridized carbons (Fsp3) is 0.188. The number of halogens is 2. The van der Waals surface area contributed by atoms with Crippen LogP contribution in [-0.2, 0) is 6.61 Å². The molecule has 0 saturated heterocycles. The van der Waals surface area contributed by atoms with E-state index in [2.05, 4.69) is 16.8 Å². The van der Waals surface area contributed by atoms with Crippen LogP contribution in [0.4, 0.5) is 4.39 Å². The first-order valence-electron chi connectivity index (χ1n) is 6.15. The van der Waals surface area contributed by atoms with Crippen molar-refractivity contribution in [3.8, 4) is 17.6 Å². The lowest BCUT2D eigenvalue weighted by Crippen LogP contribution is -1.96. The Morgan fingerprint density at radius 3 is 2.75 bits per heavy atom. The lowest BCUT2D eigenvalue weighted by atomic mass is 10.2. The highest BCUT2D eigenvalue weighted by Crippen LogP contribution is 2.13. The van der Waals surface area contributed by atoms with E-state index in [9.17, 15) is 4.39 Å². The number of rotatable bonds is 4. The number of hydrogen-bond donors (Lipinski definition) is 0. The monoisotopic (exact) mass is 289 g/mol. The van der Waals surface area contributed by atoms with Gasteiger partial charge >= 0.3 is 0 Å². The van der Waals surface area contributed by atoms with Crippen molar-refractivity contribution in [3.05, 3.63) is 59.7 Å². The lowest BCUT2D eigenvalue weighted by molar-refractivity contribution is 0.304. The summed E-state index contributed by atoms with van der Waals surface area (Å²) in [7, 11) is 0. The molecule has 1 heterocycles. The first kappa shape index (κ1) is 14.4. The van der Waals surface area contributed by atoms with Gasteiger partial charge in [0.15, 0.2) is 0 Å². The third kappa shape index (κ3) is 4.56. The second-order valence-electron chi connectivity index (χ2n) is 4.07. The maximum Gasteiger partial charge on any atom is 0.139 e. The minimum absolute atomic E-state index is 0.257. The van der Waals surface area contributed by atoms with Crippen molar-refractivity contribution in [2.24, 2.45) is 0 Å². The fourth-order valence-electron chi connectivity index (χ4n) is 1.53. The summed E-state index contributed by atoms with van der Waals surface area (Å²) in [6.45, 7) is 0.362. The maximum atomic E-state index is 12.8. The van der Waals surface area contributed by atoms with Gasteiger partial charge < -0.3 is 4.74 Å². The molecule has 0 aliphatic heterocycles. The number of aromatic nitrogens is 1. The Bertz CT molecular complexity index is 616. The van der Waals surface area contributed by atoms with Crippen molar-refractivity contribution in [2.45, 2.75) is 13.0 Å². The van der Waals surface area contributed by atoms with Crippen LogP contribution in [0.5, 0.6) is 5.75 Å². The third-order valence-electron chi connectivity index (χ3n) is 2.48. The van der Waals surface area contributed by atoms with Crippen LogP contribution < -0.4 is 4.74 Å². The largest absolute Gasteiger partial charge is 0.487 e. The average molecular weight is 290 g/mol. The molecule has 0 bridgehead atoms. The van der Waals surface area contributed by atoms with Crippen LogP contribution in [0, 0.1) is 17.7 Å². The zero-order chi connectivity index (χ0) is 14.2. The summed E-state index contributed by atoms with van der Waals surface area (Å²) in [5, 5.41) is 0. The molecule has 0 amide bonds. The van der Waals surface area contributed by atoms with Crippen LogP contribution in [0.3, 0.4) is 0 Å². The van der Waals surface area contributed by atoms with E-state index < -0.39 is 0 Å². The van der Waals surface area contributed by atoms with Crippen molar-refractivity contribution in [2.75, 3.05) is 5.88 Å². The van der Waals surface area contributed by atoms with E-state index in [0.717, 1.165) is 11.1 Å². The minimum atomic E-state index is -0.257. The van der Waals surface area contributed by atoms with E-state index in [0.29, 0.717) is 24.7 Å². The van der Waals surface area contributed by atoms with E-state index in [-0.39, 0.29) is 5.82 Å². The Kier molecular flexibility index (Phi) is 5.40. The van der Waals surface area contributed by atoms with E-state index in [1.54, 1.807) is 24.5 Å². The number of nitrogens with zero attached hydrogens (tertiary/aromatic N) is 1. The van der Waals surface area contributed by atoms with Crippen LogP contribution in [0.15, 0.2) is 42.7 Å². The van der Waals surface area contributed by atoms with Crippen molar-refractivity contribution < 1.29 is 9.13 Å². The molecule has 0 atom stereocenters. The molecular formula is C16H13ClFNO. The number of hydrogen-bond acceptors (Lipinski definition) is 2. The fourth-order valence-corrected chi connectivity index (χ4v) is 1.62. The van der Waals surface area contributed by atoms with E-state index in [1.807, 2.05) is 6.07 Å². The van der Waals surface area contributed by atoms with E-state index in [4.69, 9.17) is 16.3 Å². The Labute approximate surface area is 122 Å². The van der Waals surface area contributed by atoms with Crippen LogP contribution in [-0.4, -0.2) is 10.9 Å². The van der Waals surface area contributed by atoms with Gasteiger partial charge in [0.1, 0.15) is 18.2 Å². The molecule has 0 spiro atoms. The van der Waals surface area contributed by atoms with Crippen LogP contribution in [0.2, 0.25) is 0 Å². The summed E-state index contributed by atoms with van der Waals surface area (Å²) in [5.41, 5.74) is 1.68. The molecule has 2 aromatic rings. The smallest absolute Gasteiger partial charge is 0.139 e. The molecule has 0 radical (unpaired) electrons. The summed E-state index contributed by atoms with van der Waals surface area (Å²) in [6.07, 6.45) is 3.93. The molecule has 0 N–H and O–H groups in total. The first-order chi connectivity index (χ1) is 9.78. The molecule has 0 unspecified atom stereocenters. The lowest BCUT2D eigenvalue weighted by Gasteiger charge is -2.06. The molecular weight excluding hydrogens is 277 g/mol. The van der Waals surface area contributed by atoms with Gasteiger partial charge in [-0.3, -0.25) is 4.98 Å². The van der Waals surface area contributed by atoms with Gasteiger partial charge in [0.25, 0.3) is 0 Å². The molecule has 20 heavy (non-hydrogen) atoms. The van der Waals surface area contributed by atoms with Gasteiger partial charge in [0, 0.05) is 24.1 Å². The summed E-state index contributed by atoms with van der Waals surface area (Å²) in [4.78, 5) is 4.07. The van der Waals surface area contributed by atoms with Gasteiger partial charge in [0.2, 0.25) is 0 Å². The topological polar surface area (TPSA) is 22.1 Å². The highest BCUT2D eigenvalue weighted by molar-refractivity contribution is 6.18. The SMILES string of the molecule is Fc1ccc(COc2cncc(C#CCCCl)c2)cc1. The van der Waals surface area contributed by atoms with Crippen molar-refractivity contribution in [1.29, 1.82) is 0 Å². The van der Waals surface area contributed by atoms with Gasteiger partial charge in [0.05, 0.1) is 6.20 Å². The van der Waals surface area contributed by atoms with E-state index >= 15 is 0 Å². The van der Waals surface area contributed by atoms with Crippen LogP contribution >= 0.6 is 11.6 Å². The standard InChI is InChI=1S/C16H13ClFNO/c17-8-2-1-3-14-9-16(11-19-10-14)20-12-13-4-6-15(18)7-5-13/h4-7,9-11H,2,8,12H2. The molecule has 102 valence electrons. The molecule has 0 fully saturated rings. The molecule has 0 aliphatic carbocycles. The van der Waals surface area contributed by atoms with Crippen LogP contribution in [0.25, 0.3) is 0 Å². The molecule has 4 heteroatoms. The quantitative estimate of drug-likeness (QED) is 0.631. The number of benzene rings is 1. The highest BCUT2D eigenvalue weighted by Gasteiger charge is 1.98. The predicted molar refractivity (Wildman–Crippen MR) is 77.2 cm³/mol. The molecule has 1 aromatic heterocycles. The minimum Gasteiger partial charge on any atom is -0.487 e. The zero-order valence-electron chi connectivity index (χ0n) is 10.8. The summed E-state index contributed by atoms with van der Waals surface area (Å²) in [5.74, 6) is 6.79. The van der Waals surface area contributed by atoms with Crippen molar-refractivity contribution in [3.63, 3.8) is 0 Å². The third-order valence-corrected chi connectivity index (χ3v) is 2.67. The van der Waals surface area contributed by atoms with Crippen LogP contribution in [0.1, 0.15) is 17.5 Å². The van der Waals surface area contributed by atoms with Gasteiger partial charge in [-0.2, -0.15) is 0 Å². The van der Waals surface area contributed by atoms with Gasteiger partial charge in [-0.05, 0) is 23.8 Å². The summed E-state index contributed by atoms with van der Waals surface area (Å²) < 4.78 is 18.4. The Morgan fingerprint density at radius 1 is 1.20 bits per heavy atom. The molecule has 0 aliphatic rings.